The van der Waals surface area contributed by atoms with Gasteiger partial charge in [0.05, 0.1) is 16.7 Å². The number of esters is 1. The molecule has 0 saturated heterocycles. The highest BCUT2D eigenvalue weighted by Crippen LogP contribution is 2.26. The van der Waals surface area contributed by atoms with Crippen LogP contribution < -0.4 is 5.32 Å². The zero-order valence-corrected chi connectivity index (χ0v) is 17.7. The van der Waals surface area contributed by atoms with Crippen molar-refractivity contribution in [2.45, 2.75) is 39.8 Å². The van der Waals surface area contributed by atoms with Crippen molar-refractivity contribution in [3.63, 3.8) is 0 Å². The van der Waals surface area contributed by atoms with Crippen molar-refractivity contribution in [2.24, 2.45) is 0 Å². The van der Waals surface area contributed by atoms with E-state index >= 15 is 0 Å². The molecular weight excluding hydrogens is 408 g/mol. The third kappa shape index (κ3) is 3.93. The van der Waals surface area contributed by atoms with Gasteiger partial charge >= 0.3 is 5.97 Å². The Bertz CT molecular complexity index is 1060. The first-order valence-corrected chi connectivity index (χ1v) is 9.78. The van der Waals surface area contributed by atoms with Crippen LogP contribution in [0.25, 0.3) is 0 Å². The third-order valence-electron chi connectivity index (χ3n) is 4.85. The molecule has 1 aliphatic rings. The zero-order chi connectivity index (χ0) is 22.2. The van der Waals surface area contributed by atoms with Crippen molar-refractivity contribution in [3.8, 4) is 0 Å². The first-order valence-electron chi connectivity index (χ1n) is 9.40. The second kappa shape index (κ2) is 8.28. The Kier molecular flexibility index (Phi) is 5.94. The van der Waals surface area contributed by atoms with Gasteiger partial charge in [0.25, 0.3) is 17.7 Å². The molecule has 156 valence electrons. The van der Waals surface area contributed by atoms with Crippen LogP contribution in [0.3, 0.4) is 0 Å². The Morgan fingerprint density at radius 2 is 1.70 bits per heavy atom. The van der Waals surface area contributed by atoms with Gasteiger partial charge in [-0.1, -0.05) is 17.7 Å². The number of hydrogen-bond acceptors (Lipinski definition) is 5. The Balaban J connectivity index is 1.72. The fraction of sp³-hybridized carbons (Fsp3) is 0.273. The van der Waals surface area contributed by atoms with Crippen molar-refractivity contribution in [3.05, 3.63) is 63.7 Å². The fourth-order valence-electron chi connectivity index (χ4n) is 3.11. The molecule has 0 radical (unpaired) electrons. The van der Waals surface area contributed by atoms with Gasteiger partial charge in [-0.3, -0.25) is 19.3 Å². The van der Waals surface area contributed by atoms with Crippen molar-refractivity contribution in [1.82, 2.24) is 4.90 Å². The summed E-state index contributed by atoms with van der Waals surface area (Å²) >= 11 is 6.05. The van der Waals surface area contributed by atoms with E-state index in [0.29, 0.717) is 16.3 Å². The second-order valence-corrected chi connectivity index (χ2v) is 7.69. The number of carbonyl (C=O) groups excluding carboxylic acids is 4. The number of fused-ring (bicyclic) bond motifs is 1. The molecule has 2 aromatic carbocycles. The average Bonchev–Trinajstić information content (AvgIpc) is 2.95. The highest BCUT2D eigenvalue weighted by molar-refractivity contribution is 6.31. The molecule has 1 atom stereocenters. The molecule has 0 aliphatic carbocycles. The van der Waals surface area contributed by atoms with Gasteiger partial charge in [0, 0.05) is 16.8 Å². The number of benzene rings is 2. The summed E-state index contributed by atoms with van der Waals surface area (Å²) in [5.41, 5.74) is 1.69. The number of amides is 3. The van der Waals surface area contributed by atoms with Crippen LogP contribution >= 0.6 is 11.6 Å². The van der Waals surface area contributed by atoms with E-state index < -0.39 is 29.8 Å². The van der Waals surface area contributed by atoms with Crippen molar-refractivity contribution < 1.29 is 23.9 Å². The van der Waals surface area contributed by atoms with Gasteiger partial charge in [-0.2, -0.15) is 0 Å². The lowest BCUT2D eigenvalue weighted by atomic mass is 10.1. The summed E-state index contributed by atoms with van der Waals surface area (Å²) in [6.45, 7) is 6.67. The molecule has 0 spiro atoms. The molecule has 2 aromatic rings. The van der Waals surface area contributed by atoms with Crippen molar-refractivity contribution >= 4 is 41.0 Å². The third-order valence-corrected chi connectivity index (χ3v) is 5.26. The monoisotopic (exact) mass is 428 g/mol. The summed E-state index contributed by atoms with van der Waals surface area (Å²) in [5, 5.41) is 3.18. The predicted molar refractivity (Wildman–Crippen MR) is 112 cm³/mol. The molecule has 0 saturated carbocycles. The highest BCUT2D eigenvalue weighted by Gasteiger charge is 2.37. The van der Waals surface area contributed by atoms with E-state index in [1.165, 1.54) is 25.1 Å². The van der Waals surface area contributed by atoms with E-state index in [-0.39, 0.29) is 22.7 Å². The molecule has 1 heterocycles. The standard InChI is InChI=1S/C22H21ClN2O5/c1-11(2)25-20(27)15-9-8-14(10-16(15)21(25)28)22(29)30-13(4)19(26)24-18-7-5-6-17(23)12(18)3/h5-11,13H,1-4H3,(H,24,26). The van der Waals surface area contributed by atoms with Crippen LogP contribution in [0.1, 0.15) is 57.4 Å². The molecule has 8 heteroatoms. The maximum absolute atomic E-state index is 12.5. The molecule has 0 fully saturated rings. The summed E-state index contributed by atoms with van der Waals surface area (Å²) in [6, 6.07) is 8.95. The van der Waals surface area contributed by atoms with E-state index in [0.717, 1.165) is 4.90 Å². The van der Waals surface area contributed by atoms with Gasteiger partial charge in [-0.25, -0.2) is 4.79 Å². The Hall–Kier alpha value is -3.19. The SMILES string of the molecule is Cc1c(Cl)cccc1NC(=O)C(C)OC(=O)c1ccc2c(c1)C(=O)N(C(C)C)C2=O. The van der Waals surface area contributed by atoms with Gasteiger partial charge < -0.3 is 10.1 Å². The topological polar surface area (TPSA) is 92.8 Å². The minimum atomic E-state index is -1.09. The molecule has 0 bridgehead atoms. The summed E-state index contributed by atoms with van der Waals surface area (Å²) in [4.78, 5) is 50.9. The summed E-state index contributed by atoms with van der Waals surface area (Å²) in [6.07, 6.45) is -1.09. The first-order chi connectivity index (χ1) is 14.1. The number of carbonyl (C=O) groups is 4. The van der Waals surface area contributed by atoms with Crippen LogP contribution in [0.4, 0.5) is 5.69 Å². The quantitative estimate of drug-likeness (QED) is 0.577. The van der Waals surface area contributed by atoms with Gasteiger partial charge in [0.15, 0.2) is 6.10 Å². The highest BCUT2D eigenvalue weighted by atomic mass is 35.5. The molecule has 7 nitrogen and oxygen atoms in total. The number of hydrogen-bond donors (Lipinski definition) is 1. The van der Waals surface area contributed by atoms with E-state index in [1.807, 2.05) is 0 Å². The van der Waals surface area contributed by atoms with Crippen LogP contribution in [-0.4, -0.2) is 40.7 Å². The predicted octanol–water partition coefficient (Wildman–Crippen LogP) is 3.84. The lowest BCUT2D eigenvalue weighted by Gasteiger charge is -2.17. The molecule has 0 aromatic heterocycles. The lowest BCUT2D eigenvalue weighted by molar-refractivity contribution is -0.123. The summed E-state index contributed by atoms with van der Waals surface area (Å²) in [5.74, 6) is -2.14. The summed E-state index contributed by atoms with van der Waals surface area (Å²) in [7, 11) is 0. The number of halogens is 1. The molecule has 30 heavy (non-hydrogen) atoms. The number of nitrogens with zero attached hydrogens (tertiary/aromatic N) is 1. The molecule has 3 rings (SSSR count). The smallest absolute Gasteiger partial charge is 0.338 e. The lowest BCUT2D eigenvalue weighted by Crippen LogP contribution is -2.35. The van der Waals surface area contributed by atoms with E-state index in [4.69, 9.17) is 16.3 Å². The van der Waals surface area contributed by atoms with Gasteiger partial charge in [0.2, 0.25) is 0 Å². The van der Waals surface area contributed by atoms with Gasteiger partial charge in [-0.15, -0.1) is 0 Å². The number of imide groups is 1. The van der Waals surface area contributed by atoms with Crippen LogP contribution in [0.5, 0.6) is 0 Å². The van der Waals surface area contributed by atoms with E-state index in [1.54, 1.807) is 39.0 Å². The van der Waals surface area contributed by atoms with Gasteiger partial charge in [0.1, 0.15) is 0 Å². The minimum Gasteiger partial charge on any atom is -0.449 e. The largest absolute Gasteiger partial charge is 0.449 e. The normalized spacial score (nSPS) is 14.0. The number of anilines is 1. The van der Waals surface area contributed by atoms with E-state index in [9.17, 15) is 19.2 Å². The maximum atomic E-state index is 12.5. The maximum Gasteiger partial charge on any atom is 0.338 e. The molecule has 1 unspecified atom stereocenters. The average molecular weight is 429 g/mol. The Morgan fingerprint density at radius 3 is 2.37 bits per heavy atom. The van der Waals surface area contributed by atoms with Crippen molar-refractivity contribution in [2.75, 3.05) is 5.32 Å². The van der Waals surface area contributed by atoms with Gasteiger partial charge in [-0.05, 0) is 63.6 Å². The van der Waals surface area contributed by atoms with Crippen LogP contribution in [-0.2, 0) is 9.53 Å². The summed E-state index contributed by atoms with van der Waals surface area (Å²) < 4.78 is 5.24. The molecule has 1 N–H and O–H groups in total. The fourth-order valence-corrected chi connectivity index (χ4v) is 3.29. The number of rotatable bonds is 5. The van der Waals surface area contributed by atoms with Crippen molar-refractivity contribution in [1.29, 1.82) is 0 Å². The van der Waals surface area contributed by atoms with E-state index in [2.05, 4.69) is 5.32 Å². The number of nitrogens with one attached hydrogen (secondary N) is 1. The molecule has 3 amide bonds. The second-order valence-electron chi connectivity index (χ2n) is 7.28. The Labute approximate surface area is 179 Å². The first kappa shape index (κ1) is 21.5. The number of ether oxygens (including phenoxy) is 1. The molecule has 1 aliphatic heterocycles. The Morgan fingerprint density at radius 1 is 1.03 bits per heavy atom. The minimum absolute atomic E-state index is 0.0825. The zero-order valence-electron chi connectivity index (χ0n) is 17.0. The van der Waals surface area contributed by atoms with Crippen LogP contribution in [0.15, 0.2) is 36.4 Å². The van der Waals surface area contributed by atoms with Crippen LogP contribution in [0, 0.1) is 6.92 Å². The molecular formula is C22H21ClN2O5. The van der Waals surface area contributed by atoms with Crippen LogP contribution in [0.2, 0.25) is 5.02 Å².